The molecule has 0 spiro atoms. The van der Waals surface area contributed by atoms with Crippen LogP contribution in [0, 0.1) is 25.7 Å². The van der Waals surface area contributed by atoms with Crippen molar-refractivity contribution in [3.8, 4) is 0 Å². The molecule has 2 heterocycles. The van der Waals surface area contributed by atoms with E-state index in [0.717, 1.165) is 45.3 Å². The number of hydrogen-bond acceptors (Lipinski definition) is 3. The quantitative estimate of drug-likeness (QED) is 0.752. The van der Waals surface area contributed by atoms with Gasteiger partial charge >= 0.3 is 6.03 Å². The molecule has 2 N–H and O–H groups in total. The first-order valence-electron chi connectivity index (χ1n) is 10.2. The van der Waals surface area contributed by atoms with E-state index >= 15 is 0 Å². The molecule has 0 aliphatic carbocycles. The van der Waals surface area contributed by atoms with Crippen LogP contribution in [0.3, 0.4) is 0 Å². The number of amides is 3. The standard InChI is InChI=1S/C22H33N3O2/c1-15(2)7-10-22(20(26)23-21(27)24-22)19-8-11-25(12-9-19)14-18-13-16(3)5-6-17(18)4/h5-6,13,15,19H,7-12,14H2,1-4H3,(H2,23,24,26,27). The minimum Gasteiger partial charge on any atom is -0.323 e. The van der Waals surface area contributed by atoms with Gasteiger partial charge in [0.2, 0.25) is 0 Å². The molecule has 5 nitrogen and oxygen atoms in total. The van der Waals surface area contributed by atoms with Crippen molar-refractivity contribution in [3.05, 3.63) is 34.9 Å². The fraction of sp³-hybridized carbons (Fsp3) is 0.636. The van der Waals surface area contributed by atoms with Gasteiger partial charge in [0.25, 0.3) is 5.91 Å². The SMILES string of the molecule is Cc1ccc(C)c(CN2CCC(C3(CCC(C)C)NC(=O)NC3=O)CC2)c1. The number of benzene rings is 1. The zero-order valence-electron chi connectivity index (χ0n) is 17.1. The van der Waals surface area contributed by atoms with E-state index in [9.17, 15) is 9.59 Å². The molecule has 1 aromatic carbocycles. The molecule has 0 bridgehead atoms. The van der Waals surface area contributed by atoms with Crippen molar-refractivity contribution >= 4 is 11.9 Å². The lowest BCUT2D eigenvalue weighted by Crippen LogP contribution is -2.56. The lowest BCUT2D eigenvalue weighted by atomic mass is 9.74. The maximum atomic E-state index is 12.7. The number of imide groups is 1. The van der Waals surface area contributed by atoms with Crippen molar-refractivity contribution in [2.24, 2.45) is 11.8 Å². The van der Waals surface area contributed by atoms with Crippen LogP contribution >= 0.6 is 0 Å². The first-order chi connectivity index (χ1) is 12.8. The van der Waals surface area contributed by atoms with Crippen LogP contribution in [0.5, 0.6) is 0 Å². The number of carbonyl (C=O) groups is 2. The van der Waals surface area contributed by atoms with Crippen molar-refractivity contribution in [2.45, 2.75) is 65.5 Å². The van der Waals surface area contributed by atoms with E-state index in [1.54, 1.807) is 0 Å². The molecule has 3 rings (SSSR count). The highest BCUT2D eigenvalue weighted by molar-refractivity contribution is 6.07. The molecule has 0 saturated carbocycles. The monoisotopic (exact) mass is 371 g/mol. The molecule has 2 aliphatic rings. The van der Waals surface area contributed by atoms with Crippen molar-refractivity contribution in [1.82, 2.24) is 15.5 Å². The van der Waals surface area contributed by atoms with Crippen LogP contribution in [0.4, 0.5) is 4.79 Å². The summed E-state index contributed by atoms with van der Waals surface area (Å²) in [6, 6.07) is 6.29. The Morgan fingerprint density at radius 1 is 1.19 bits per heavy atom. The smallest absolute Gasteiger partial charge is 0.322 e. The van der Waals surface area contributed by atoms with Gasteiger partial charge in [0.1, 0.15) is 5.54 Å². The van der Waals surface area contributed by atoms with Gasteiger partial charge in [-0.15, -0.1) is 0 Å². The summed E-state index contributed by atoms with van der Waals surface area (Å²) in [5, 5.41) is 5.50. The van der Waals surface area contributed by atoms with Crippen LogP contribution in [0.15, 0.2) is 18.2 Å². The van der Waals surface area contributed by atoms with E-state index in [0.29, 0.717) is 5.92 Å². The molecule has 5 heteroatoms. The van der Waals surface area contributed by atoms with Crippen LogP contribution in [0.25, 0.3) is 0 Å². The molecule has 0 radical (unpaired) electrons. The molecule has 148 valence electrons. The zero-order chi connectivity index (χ0) is 19.6. The summed E-state index contributed by atoms with van der Waals surface area (Å²) in [5.41, 5.74) is 3.30. The summed E-state index contributed by atoms with van der Waals surface area (Å²) in [5.74, 6) is 0.593. The number of likely N-dealkylation sites (tertiary alicyclic amines) is 1. The lowest BCUT2D eigenvalue weighted by Gasteiger charge is -2.41. The number of urea groups is 1. The predicted octanol–water partition coefficient (Wildman–Crippen LogP) is 3.53. The van der Waals surface area contributed by atoms with Gasteiger partial charge in [-0.2, -0.15) is 0 Å². The number of carbonyl (C=O) groups excluding carboxylic acids is 2. The second-order valence-corrected chi connectivity index (χ2v) is 8.79. The van der Waals surface area contributed by atoms with Crippen LogP contribution < -0.4 is 10.6 Å². The third kappa shape index (κ3) is 4.34. The third-order valence-corrected chi connectivity index (χ3v) is 6.27. The van der Waals surface area contributed by atoms with Gasteiger partial charge in [0.15, 0.2) is 0 Å². The summed E-state index contributed by atoms with van der Waals surface area (Å²) >= 11 is 0. The Balaban J connectivity index is 1.66. The first kappa shape index (κ1) is 19.9. The number of nitrogens with zero attached hydrogens (tertiary/aromatic N) is 1. The van der Waals surface area contributed by atoms with E-state index < -0.39 is 5.54 Å². The minimum atomic E-state index is -0.716. The van der Waals surface area contributed by atoms with Crippen LogP contribution in [-0.4, -0.2) is 35.5 Å². The number of rotatable bonds is 6. The largest absolute Gasteiger partial charge is 0.323 e. The summed E-state index contributed by atoms with van der Waals surface area (Å²) in [6.07, 6.45) is 3.55. The molecule has 2 fully saturated rings. The maximum Gasteiger partial charge on any atom is 0.322 e. The lowest BCUT2D eigenvalue weighted by molar-refractivity contribution is -0.127. The van der Waals surface area contributed by atoms with E-state index in [4.69, 9.17) is 0 Å². The zero-order valence-corrected chi connectivity index (χ0v) is 17.1. The number of aryl methyl sites for hydroxylation is 2. The van der Waals surface area contributed by atoms with Crippen molar-refractivity contribution in [1.29, 1.82) is 0 Å². The van der Waals surface area contributed by atoms with Crippen molar-refractivity contribution < 1.29 is 9.59 Å². The first-order valence-corrected chi connectivity index (χ1v) is 10.2. The molecule has 1 atom stereocenters. The summed E-state index contributed by atoms with van der Waals surface area (Å²) < 4.78 is 0. The second-order valence-electron chi connectivity index (χ2n) is 8.79. The van der Waals surface area contributed by atoms with Gasteiger partial charge in [-0.25, -0.2) is 4.79 Å². The van der Waals surface area contributed by atoms with Crippen molar-refractivity contribution in [3.63, 3.8) is 0 Å². The van der Waals surface area contributed by atoms with Gasteiger partial charge in [-0.1, -0.05) is 37.6 Å². The number of hydrogen-bond donors (Lipinski definition) is 2. The minimum absolute atomic E-state index is 0.124. The Morgan fingerprint density at radius 2 is 1.89 bits per heavy atom. The maximum absolute atomic E-state index is 12.7. The Morgan fingerprint density at radius 3 is 2.48 bits per heavy atom. The van der Waals surface area contributed by atoms with E-state index in [1.165, 1.54) is 16.7 Å². The molecule has 0 aromatic heterocycles. The predicted molar refractivity (Wildman–Crippen MR) is 107 cm³/mol. The highest BCUT2D eigenvalue weighted by atomic mass is 16.2. The fourth-order valence-electron chi connectivity index (χ4n) is 4.48. The summed E-state index contributed by atoms with van der Waals surface area (Å²) in [7, 11) is 0. The Hall–Kier alpha value is -1.88. The second kappa shape index (κ2) is 8.01. The van der Waals surface area contributed by atoms with Gasteiger partial charge in [0.05, 0.1) is 0 Å². The van der Waals surface area contributed by atoms with E-state index in [2.05, 4.69) is 61.4 Å². The Labute approximate surface area is 162 Å². The molecule has 3 amide bonds. The average Bonchev–Trinajstić information content (AvgIpc) is 2.91. The highest BCUT2D eigenvalue weighted by Crippen LogP contribution is 2.35. The van der Waals surface area contributed by atoms with E-state index in [-0.39, 0.29) is 17.9 Å². The summed E-state index contributed by atoms with van der Waals surface area (Å²) in [4.78, 5) is 27.0. The molecule has 27 heavy (non-hydrogen) atoms. The Kier molecular flexibility index (Phi) is 5.89. The molecule has 1 unspecified atom stereocenters. The van der Waals surface area contributed by atoms with Crippen LogP contribution in [-0.2, 0) is 11.3 Å². The van der Waals surface area contributed by atoms with Crippen molar-refractivity contribution in [2.75, 3.05) is 13.1 Å². The fourth-order valence-corrected chi connectivity index (χ4v) is 4.48. The van der Waals surface area contributed by atoms with Gasteiger partial charge in [-0.3, -0.25) is 15.0 Å². The average molecular weight is 372 g/mol. The molecular formula is C22H33N3O2. The van der Waals surface area contributed by atoms with Gasteiger partial charge in [0, 0.05) is 6.54 Å². The third-order valence-electron chi connectivity index (χ3n) is 6.27. The van der Waals surface area contributed by atoms with E-state index in [1.807, 2.05) is 0 Å². The van der Waals surface area contributed by atoms with Crippen LogP contribution in [0.2, 0.25) is 0 Å². The normalized spacial score (nSPS) is 24.3. The van der Waals surface area contributed by atoms with Gasteiger partial charge < -0.3 is 5.32 Å². The molecule has 1 aromatic rings. The summed E-state index contributed by atoms with van der Waals surface area (Å²) in [6.45, 7) is 11.5. The Bertz CT molecular complexity index is 708. The highest BCUT2D eigenvalue weighted by Gasteiger charge is 2.51. The number of nitrogens with one attached hydrogen (secondary N) is 2. The molecule has 2 saturated heterocycles. The molecular weight excluding hydrogens is 338 g/mol. The molecule has 2 aliphatic heterocycles. The number of piperidine rings is 1. The van der Waals surface area contributed by atoms with Gasteiger partial charge in [-0.05, 0) is 75.6 Å². The topological polar surface area (TPSA) is 61.4 Å². The van der Waals surface area contributed by atoms with Crippen LogP contribution in [0.1, 0.15) is 56.2 Å².